The molecule has 0 unspecified atom stereocenters. The number of para-hydroxylation sites is 1. The van der Waals surface area contributed by atoms with Crippen molar-refractivity contribution < 1.29 is 9.84 Å². The van der Waals surface area contributed by atoms with E-state index < -0.39 is 0 Å². The Labute approximate surface area is 97.4 Å². The van der Waals surface area contributed by atoms with Gasteiger partial charge >= 0.3 is 0 Å². The lowest BCUT2D eigenvalue weighted by Gasteiger charge is -2.15. The zero-order valence-electron chi connectivity index (χ0n) is 10.1. The molecule has 0 aromatic heterocycles. The first-order chi connectivity index (χ1) is 7.77. The third kappa shape index (κ3) is 4.21. The number of nitrogens with one attached hydrogen (secondary N) is 1. The number of ether oxygens (including phenoxy) is 1. The smallest absolute Gasteiger partial charge is 0.123 e. The van der Waals surface area contributed by atoms with E-state index in [-0.39, 0.29) is 12.7 Å². The highest BCUT2D eigenvalue weighted by atomic mass is 16.5. The lowest BCUT2D eigenvalue weighted by atomic mass is 10.1. The minimum Gasteiger partial charge on any atom is -0.488 e. The third-order valence-corrected chi connectivity index (χ3v) is 2.43. The molecule has 1 aromatic rings. The molecular formula is C13H21NO2. The molecule has 0 spiro atoms. The molecule has 0 amide bonds. The SMILES string of the molecule is CNCCCc1ccccc1O[C@H](C)CO. The van der Waals surface area contributed by atoms with Gasteiger partial charge in [0.15, 0.2) is 0 Å². The monoisotopic (exact) mass is 223 g/mol. The van der Waals surface area contributed by atoms with Gasteiger partial charge < -0.3 is 15.2 Å². The topological polar surface area (TPSA) is 41.5 Å². The lowest BCUT2D eigenvalue weighted by Crippen LogP contribution is -2.17. The summed E-state index contributed by atoms with van der Waals surface area (Å²) in [4.78, 5) is 0. The Kier molecular flexibility index (Phi) is 5.90. The van der Waals surface area contributed by atoms with Crippen LogP contribution < -0.4 is 10.1 Å². The van der Waals surface area contributed by atoms with E-state index in [0.29, 0.717) is 0 Å². The molecule has 1 rings (SSSR count). The highest BCUT2D eigenvalue weighted by molar-refractivity contribution is 5.33. The number of aliphatic hydroxyl groups is 1. The average Bonchev–Trinajstić information content (AvgIpc) is 2.31. The molecule has 0 heterocycles. The minimum absolute atomic E-state index is 0.0465. The van der Waals surface area contributed by atoms with E-state index >= 15 is 0 Å². The van der Waals surface area contributed by atoms with Crippen LogP contribution in [0.25, 0.3) is 0 Å². The van der Waals surface area contributed by atoms with Crippen molar-refractivity contribution in [3.8, 4) is 5.75 Å². The number of aliphatic hydroxyl groups excluding tert-OH is 1. The van der Waals surface area contributed by atoms with Crippen molar-refractivity contribution in [3.63, 3.8) is 0 Å². The van der Waals surface area contributed by atoms with Crippen molar-refractivity contribution in [1.82, 2.24) is 5.32 Å². The number of hydrogen-bond acceptors (Lipinski definition) is 3. The van der Waals surface area contributed by atoms with Crippen molar-refractivity contribution in [2.75, 3.05) is 20.2 Å². The molecule has 90 valence electrons. The Morgan fingerprint density at radius 1 is 1.38 bits per heavy atom. The second-order valence-corrected chi connectivity index (χ2v) is 3.93. The summed E-state index contributed by atoms with van der Waals surface area (Å²) in [6.07, 6.45) is 1.94. The largest absolute Gasteiger partial charge is 0.488 e. The van der Waals surface area contributed by atoms with Gasteiger partial charge in [-0.2, -0.15) is 0 Å². The van der Waals surface area contributed by atoms with Gasteiger partial charge in [0.2, 0.25) is 0 Å². The fraction of sp³-hybridized carbons (Fsp3) is 0.538. The molecule has 16 heavy (non-hydrogen) atoms. The van der Waals surface area contributed by atoms with Gasteiger partial charge in [0, 0.05) is 0 Å². The fourth-order valence-corrected chi connectivity index (χ4v) is 1.53. The van der Waals surface area contributed by atoms with Crippen molar-refractivity contribution in [3.05, 3.63) is 29.8 Å². The van der Waals surface area contributed by atoms with Crippen LogP contribution in [0.2, 0.25) is 0 Å². The van der Waals surface area contributed by atoms with Crippen LogP contribution in [0.3, 0.4) is 0 Å². The summed E-state index contributed by atoms with van der Waals surface area (Å²) in [7, 11) is 1.95. The molecule has 0 aliphatic carbocycles. The standard InChI is InChI=1S/C13H21NO2/c1-11(10-15)16-13-8-4-3-6-12(13)7-5-9-14-2/h3-4,6,8,11,14-15H,5,7,9-10H2,1-2H3/t11-/m1/s1. The molecule has 0 bridgehead atoms. The van der Waals surface area contributed by atoms with Gasteiger partial charge in [0.05, 0.1) is 6.61 Å². The van der Waals surface area contributed by atoms with E-state index in [1.165, 1.54) is 5.56 Å². The molecule has 0 fully saturated rings. The van der Waals surface area contributed by atoms with E-state index in [1.54, 1.807) is 0 Å². The number of rotatable bonds is 7. The molecule has 0 saturated heterocycles. The van der Waals surface area contributed by atoms with Gasteiger partial charge in [-0.3, -0.25) is 0 Å². The molecular weight excluding hydrogens is 202 g/mol. The maximum absolute atomic E-state index is 8.97. The fourth-order valence-electron chi connectivity index (χ4n) is 1.53. The molecule has 3 nitrogen and oxygen atoms in total. The van der Waals surface area contributed by atoms with E-state index in [0.717, 1.165) is 25.1 Å². The normalized spacial score (nSPS) is 12.4. The molecule has 0 aliphatic rings. The van der Waals surface area contributed by atoms with Crippen LogP contribution in [0.15, 0.2) is 24.3 Å². The zero-order valence-corrected chi connectivity index (χ0v) is 10.1. The molecule has 0 aliphatic heterocycles. The summed E-state index contributed by atoms with van der Waals surface area (Å²) in [5.41, 5.74) is 1.21. The summed E-state index contributed by atoms with van der Waals surface area (Å²) in [5.74, 6) is 0.889. The molecule has 3 heteroatoms. The van der Waals surface area contributed by atoms with Crippen LogP contribution in [-0.2, 0) is 6.42 Å². The first-order valence-corrected chi connectivity index (χ1v) is 5.78. The van der Waals surface area contributed by atoms with Crippen molar-refractivity contribution in [2.45, 2.75) is 25.9 Å². The van der Waals surface area contributed by atoms with Crippen LogP contribution in [0.5, 0.6) is 5.75 Å². The first kappa shape index (κ1) is 13.0. The lowest BCUT2D eigenvalue weighted by molar-refractivity contribution is 0.128. The Balaban J connectivity index is 2.60. The Hall–Kier alpha value is -1.06. The van der Waals surface area contributed by atoms with Gasteiger partial charge in [-0.05, 0) is 45.0 Å². The highest BCUT2D eigenvalue weighted by Crippen LogP contribution is 2.20. The molecule has 1 aromatic carbocycles. The second kappa shape index (κ2) is 7.25. The highest BCUT2D eigenvalue weighted by Gasteiger charge is 2.06. The van der Waals surface area contributed by atoms with Gasteiger partial charge in [0.1, 0.15) is 11.9 Å². The van der Waals surface area contributed by atoms with Gasteiger partial charge in [-0.1, -0.05) is 18.2 Å². The summed E-state index contributed by atoms with van der Waals surface area (Å²) < 4.78 is 5.65. The van der Waals surface area contributed by atoms with Crippen LogP contribution >= 0.6 is 0 Å². The van der Waals surface area contributed by atoms with Crippen LogP contribution in [0.1, 0.15) is 18.9 Å². The average molecular weight is 223 g/mol. The van der Waals surface area contributed by atoms with E-state index in [9.17, 15) is 0 Å². The Morgan fingerprint density at radius 2 is 2.12 bits per heavy atom. The van der Waals surface area contributed by atoms with Gasteiger partial charge in [-0.25, -0.2) is 0 Å². The molecule has 0 radical (unpaired) electrons. The van der Waals surface area contributed by atoms with E-state index in [1.807, 2.05) is 32.2 Å². The number of aryl methyl sites for hydroxylation is 1. The van der Waals surface area contributed by atoms with Crippen molar-refractivity contribution in [1.29, 1.82) is 0 Å². The molecule has 0 saturated carbocycles. The number of benzene rings is 1. The van der Waals surface area contributed by atoms with Crippen LogP contribution in [0, 0.1) is 0 Å². The zero-order chi connectivity index (χ0) is 11.8. The Morgan fingerprint density at radius 3 is 2.81 bits per heavy atom. The van der Waals surface area contributed by atoms with Crippen LogP contribution in [-0.4, -0.2) is 31.4 Å². The molecule has 2 N–H and O–H groups in total. The number of hydrogen-bond donors (Lipinski definition) is 2. The van der Waals surface area contributed by atoms with Crippen LogP contribution in [0.4, 0.5) is 0 Å². The predicted molar refractivity (Wildman–Crippen MR) is 65.9 cm³/mol. The predicted octanol–water partition coefficient (Wildman–Crippen LogP) is 1.60. The van der Waals surface area contributed by atoms with Crippen molar-refractivity contribution >= 4 is 0 Å². The summed E-state index contributed by atoms with van der Waals surface area (Å²) in [5, 5.41) is 12.1. The van der Waals surface area contributed by atoms with E-state index in [2.05, 4.69) is 11.4 Å². The van der Waals surface area contributed by atoms with E-state index in [4.69, 9.17) is 9.84 Å². The molecule has 1 atom stereocenters. The first-order valence-electron chi connectivity index (χ1n) is 5.78. The van der Waals surface area contributed by atoms with Gasteiger partial charge in [0.25, 0.3) is 0 Å². The summed E-state index contributed by atoms with van der Waals surface area (Å²) >= 11 is 0. The van der Waals surface area contributed by atoms with Gasteiger partial charge in [-0.15, -0.1) is 0 Å². The summed E-state index contributed by atoms with van der Waals surface area (Å²) in [6.45, 7) is 2.92. The minimum atomic E-state index is -0.148. The Bertz CT molecular complexity index is 302. The summed E-state index contributed by atoms with van der Waals surface area (Å²) in [6, 6.07) is 8.02. The maximum atomic E-state index is 8.97. The maximum Gasteiger partial charge on any atom is 0.123 e. The third-order valence-electron chi connectivity index (χ3n) is 2.43. The second-order valence-electron chi connectivity index (χ2n) is 3.93. The van der Waals surface area contributed by atoms with Crippen molar-refractivity contribution in [2.24, 2.45) is 0 Å². The quantitative estimate of drug-likeness (QED) is 0.690.